The first-order valence-corrected chi connectivity index (χ1v) is 9.13. The maximum atomic E-state index is 11.6. The van der Waals surface area contributed by atoms with Crippen LogP contribution in [0.4, 0.5) is 0 Å². The molecule has 3 aromatic rings. The number of nitrogens with one attached hydrogen (secondary N) is 1. The van der Waals surface area contributed by atoms with Gasteiger partial charge in [0.15, 0.2) is 0 Å². The molecule has 0 bridgehead atoms. The maximum absolute atomic E-state index is 11.6. The van der Waals surface area contributed by atoms with E-state index in [1.165, 1.54) is 5.56 Å². The third-order valence-corrected chi connectivity index (χ3v) is 5.15. The van der Waals surface area contributed by atoms with Gasteiger partial charge in [-0.25, -0.2) is 0 Å². The highest BCUT2D eigenvalue weighted by Crippen LogP contribution is 2.53. The molecule has 2 unspecified atom stereocenters. The van der Waals surface area contributed by atoms with Crippen molar-refractivity contribution in [2.75, 3.05) is 13.7 Å². The van der Waals surface area contributed by atoms with Crippen LogP contribution in [-0.2, 0) is 4.79 Å². The van der Waals surface area contributed by atoms with E-state index in [9.17, 15) is 4.79 Å². The largest absolute Gasteiger partial charge is 0.497 e. The van der Waals surface area contributed by atoms with Crippen molar-refractivity contribution < 1.29 is 13.9 Å². The number of carbonyl (C=O) groups is 1. The number of carbonyl (C=O) groups excluding carboxylic acids is 1. The maximum Gasteiger partial charge on any atom is 0.219 e. The molecule has 134 valence electrons. The fourth-order valence-corrected chi connectivity index (χ4v) is 3.59. The van der Waals surface area contributed by atoms with E-state index in [1.807, 2.05) is 37.3 Å². The minimum Gasteiger partial charge on any atom is -0.497 e. The molecule has 26 heavy (non-hydrogen) atoms. The molecule has 0 saturated heterocycles. The van der Waals surface area contributed by atoms with Crippen LogP contribution in [0.15, 0.2) is 52.9 Å². The Kier molecular flexibility index (Phi) is 4.41. The van der Waals surface area contributed by atoms with Crippen molar-refractivity contribution in [3.05, 3.63) is 54.1 Å². The van der Waals surface area contributed by atoms with E-state index in [4.69, 9.17) is 9.15 Å². The van der Waals surface area contributed by atoms with Crippen LogP contribution in [0.1, 0.15) is 31.2 Å². The lowest BCUT2D eigenvalue weighted by atomic mass is 10.0. The van der Waals surface area contributed by atoms with Crippen LogP contribution in [0.5, 0.6) is 5.75 Å². The first-order chi connectivity index (χ1) is 12.7. The van der Waals surface area contributed by atoms with Crippen molar-refractivity contribution in [3.63, 3.8) is 0 Å². The zero-order chi connectivity index (χ0) is 18.1. The van der Waals surface area contributed by atoms with Gasteiger partial charge in [0, 0.05) is 29.5 Å². The molecule has 4 heteroatoms. The molecule has 1 heterocycles. The predicted octanol–water partition coefficient (Wildman–Crippen LogP) is 4.74. The minimum absolute atomic E-state index is 0.109. The molecule has 1 N–H and O–H groups in total. The average molecular weight is 349 g/mol. The van der Waals surface area contributed by atoms with Crippen molar-refractivity contribution in [1.29, 1.82) is 0 Å². The van der Waals surface area contributed by atoms with Gasteiger partial charge in [0.1, 0.15) is 17.1 Å². The summed E-state index contributed by atoms with van der Waals surface area (Å²) in [6.07, 6.45) is 1.59. The van der Waals surface area contributed by atoms with E-state index in [0.29, 0.717) is 18.3 Å². The zero-order valence-corrected chi connectivity index (χ0v) is 15.1. The van der Waals surface area contributed by atoms with Gasteiger partial charge >= 0.3 is 0 Å². The van der Waals surface area contributed by atoms with E-state index in [2.05, 4.69) is 23.5 Å². The summed E-state index contributed by atoms with van der Waals surface area (Å²) in [6, 6.07) is 16.2. The molecule has 0 radical (unpaired) electrons. The van der Waals surface area contributed by atoms with Crippen molar-refractivity contribution in [2.45, 2.75) is 25.7 Å². The van der Waals surface area contributed by atoms with Crippen LogP contribution in [0.3, 0.4) is 0 Å². The van der Waals surface area contributed by atoms with E-state index in [0.717, 1.165) is 41.0 Å². The van der Waals surface area contributed by atoms with Gasteiger partial charge in [-0.05, 0) is 36.5 Å². The lowest BCUT2D eigenvalue weighted by Gasteiger charge is -2.05. The van der Waals surface area contributed by atoms with Crippen LogP contribution in [0.25, 0.3) is 22.3 Å². The van der Waals surface area contributed by atoms with Gasteiger partial charge in [0.2, 0.25) is 5.91 Å². The monoisotopic (exact) mass is 349 g/mol. The molecule has 0 aliphatic heterocycles. The topological polar surface area (TPSA) is 51.5 Å². The van der Waals surface area contributed by atoms with Crippen molar-refractivity contribution in [3.8, 4) is 17.1 Å². The molecule has 1 amide bonds. The molecule has 4 nitrogen and oxygen atoms in total. The van der Waals surface area contributed by atoms with Gasteiger partial charge in [0.25, 0.3) is 0 Å². The van der Waals surface area contributed by atoms with Crippen LogP contribution in [0.2, 0.25) is 0 Å². The van der Waals surface area contributed by atoms with Crippen molar-refractivity contribution in [1.82, 2.24) is 5.32 Å². The SMILES string of the molecule is CCC(=O)NCC1CC1c1c(-c2ccccc2)oc2ccc(OC)cc12. The molecule has 0 spiro atoms. The van der Waals surface area contributed by atoms with E-state index in [1.54, 1.807) is 7.11 Å². The van der Waals surface area contributed by atoms with Gasteiger partial charge in [-0.2, -0.15) is 0 Å². The predicted molar refractivity (Wildman–Crippen MR) is 102 cm³/mol. The van der Waals surface area contributed by atoms with Crippen molar-refractivity contribution in [2.24, 2.45) is 5.92 Å². The normalized spacial score (nSPS) is 18.7. The summed E-state index contributed by atoms with van der Waals surface area (Å²) in [5.74, 6) is 2.73. The first kappa shape index (κ1) is 16.7. The van der Waals surface area contributed by atoms with Gasteiger partial charge in [-0.1, -0.05) is 37.3 Å². The molecule has 1 saturated carbocycles. The number of hydrogen-bond acceptors (Lipinski definition) is 3. The highest BCUT2D eigenvalue weighted by Gasteiger charge is 2.42. The Labute approximate surface area is 153 Å². The van der Waals surface area contributed by atoms with E-state index >= 15 is 0 Å². The summed E-state index contributed by atoms with van der Waals surface area (Å²) < 4.78 is 11.7. The summed E-state index contributed by atoms with van der Waals surface area (Å²) in [5, 5.41) is 4.13. The summed E-state index contributed by atoms with van der Waals surface area (Å²) in [6.45, 7) is 2.60. The second-order valence-electron chi connectivity index (χ2n) is 6.83. The summed E-state index contributed by atoms with van der Waals surface area (Å²) in [7, 11) is 1.68. The van der Waals surface area contributed by atoms with Crippen LogP contribution >= 0.6 is 0 Å². The van der Waals surface area contributed by atoms with Crippen LogP contribution < -0.4 is 10.1 Å². The van der Waals surface area contributed by atoms with Crippen LogP contribution in [0, 0.1) is 5.92 Å². The third-order valence-electron chi connectivity index (χ3n) is 5.15. The molecule has 2 aromatic carbocycles. The number of rotatable bonds is 6. The summed E-state index contributed by atoms with van der Waals surface area (Å²) in [4.78, 5) is 11.6. The highest BCUT2D eigenvalue weighted by molar-refractivity contribution is 5.90. The highest BCUT2D eigenvalue weighted by atomic mass is 16.5. The summed E-state index contributed by atoms with van der Waals surface area (Å²) >= 11 is 0. The van der Waals surface area contributed by atoms with Gasteiger partial charge < -0.3 is 14.5 Å². The molecular formula is C22H23NO3. The number of hydrogen-bond donors (Lipinski definition) is 1. The van der Waals surface area contributed by atoms with Gasteiger partial charge in [-0.15, -0.1) is 0 Å². The smallest absolute Gasteiger partial charge is 0.219 e. The third kappa shape index (κ3) is 3.07. The lowest BCUT2D eigenvalue weighted by molar-refractivity contribution is -0.120. The summed E-state index contributed by atoms with van der Waals surface area (Å²) in [5.41, 5.74) is 3.20. The molecule has 1 aliphatic rings. The number of fused-ring (bicyclic) bond motifs is 1. The molecule has 1 aliphatic carbocycles. The van der Waals surface area contributed by atoms with E-state index in [-0.39, 0.29) is 5.91 Å². The molecule has 1 fully saturated rings. The number of amides is 1. The van der Waals surface area contributed by atoms with Crippen molar-refractivity contribution >= 4 is 16.9 Å². The Hall–Kier alpha value is -2.75. The Morgan fingerprint density at radius 1 is 1.23 bits per heavy atom. The van der Waals surface area contributed by atoms with E-state index < -0.39 is 0 Å². The molecule has 1 aromatic heterocycles. The average Bonchev–Trinajstić information content (AvgIpc) is 3.36. The molecular weight excluding hydrogens is 326 g/mol. The molecule has 4 rings (SSSR count). The number of benzene rings is 2. The Bertz CT molecular complexity index is 929. The Morgan fingerprint density at radius 2 is 2.04 bits per heavy atom. The zero-order valence-electron chi connectivity index (χ0n) is 15.1. The van der Waals surface area contributed by atoms with Gasteiger partial charge in [-0.3, -0.25) is 4.79 Å². The lowest BCUT2D eigenvalue weighted by Crippen LogP contribution is -2.24. The number of furan rings is 1. The Balaban J connectivity index is 1.73. The first-order valence-electron chi connectivity index (χ1n) is 9.13. The number of ether oxygens (including phenoxy) is 1. The fraction of sp³-hybridized carbons (Fsp3) is 0.318. The fourth-order valence-electron chi connectivity index (χ4n) is 3.59. The number of methoxy groups -OCH3 is 1. The molecule has 2 atom stereocenters. The second-order valence-corrected chi connectivity index (χ2v) is 6.83. The Morgan fingerprint density at radius 3 is 2.77 bits per heavy atom. The van der Waals surface area contributed by atoms with Crippen LogP contribution in [-0.4, -0.2) is 19.6 Å². The standard InChI is InChI=1S/C22H23NO3/c1-3-20(24)23-13-15-11-17(15)21-18-12-16(25-2)9-10-19(18)26-22(21)14-7-5-4-6-8-14/h4-10,12,15,17H,3,11,13H2,1-2H3,(H,23,24). The second kappa shape index (κ2) is 6.87. The minimum atomic E-state index is 0.109. The quantitative estimate of drug-likeness (QED) is 0.699. The van der Waals surface area contributed by atoms with Gasteiger partial charge in [0.05, 0.1) is 7.11 Å².